The van der Waals surface area contributed by atoms with Crippen LogP contribution in [-0.4, -0.2) is 49.3 Å². The van der Waals surface area contributed by atoms with Crippen molar-refractivity contribution in [3.8, 4) is 28.6 Å². The molecule has 40 heavy (non-hydrogen) atoms. The van der Waals surface area contributed by atoms with Gasteiger partial charge < -0.3 is 9.64 Å². The van der Waals surface area contributed by atoms with E-state index in [0.29, 0.717) is 30.0 Å². The molecule has 6 rings (SSSR count). The molecule has 0 atom stereocenters. The number of fused-ring (bicyclic) bond motifs is 2. The Labute approximate surface area is 232 Å². The number of piperidine rings is 1. The van der Waals surface area contributed by atoms with Crippen molar-refractivity contribution >= 4 is 22.6 Å². The molecule has 0 aliphatic carbocycles. The summed E-state index contributed by atoms with van der Waals surface area (Å²) in [4.78, 5) is 23.7. The minimum atomic E-state index is -0.522. The molecule has 2 aromatic carbocycles. The van der Waals surface area contributed by atoms with Crippen molar-refractivity contribution in [1.29, 1.82) is 5.26 Å². The Hall–Kier alpha value is -4.77. The third kappa shape index (κ3) is 4.87. The van der Waals surface area contributed by atoms with Gasteiger partial charge in [0.2, 0.25) is 0 Å². The summed E-state index contributed by atoms with van der Waals surface area (Å²) in [5.74, 6) is 0.176. The molecule has 3 aromatic heterocycles. The number of carbonyl (C=O) groups excluding carboxylic acids is 1. The van der Waals surface area contributed by atoms with Crippen molar-refractivity contribution in [3.63, 3.8) is 0 Å². The maximum absolute atomic E-state index is 12.5. The van der Waals surface area contributed by atoms with Crippen molar-refractivity contribution < 1.29 is 9.53 Å². The molecular weight excluding hydrogens is 500 g/mol. The number of aromatic nitrogens is 4. The Morgan fingerprint density at radius 2 is 1.75 bits per heavy atom. The van der Waals surface area contributed by atoms with Gasteiger partial charge in [0.15, 0.2) is 5.65 Å². The molecule has 1 amide bonds. The largest absolute Gasteiger partial charge is 0.444 e. The topological polar surface area (TPSA) is 96.4 Å². The molecule has 1 fully saturated rings. The van der Waals surface area contributed by atoms with Crippen LogP contribution in [0.4, 0.5) is 4.79 Å². The predicted octanol–water partition coefficient (Wildman–Crippen LogP) is 6.60. The van der Waals surface area contributed by atoms with E-state index in [-0.39, 0.29) is 12.0 Å². The highest BCUT2D eigenvalue weighted by molar-refractivity contribution is 5.87. The van der Waals surface area contributed by atoms with Crippen LogP contribution >= 0.6 is 0 Å². The number of benzene rings is 2. The summed E-state index contributed by atoms with van der Waals surface area (Å²) < 4.78 is 7.36. The number of nitriles is 1. The lowest BCUT2D eigenvalue weighted by atomic mass is 9.93. The number of nitrogens with zero attached hydrogens (tertiary/aromatic N) is 6. The fourth-order valence-corrected chi connectivity index (χ4v) is 5.30. The molecule has 0 spiro atoms. The van der Waals surface area contributed by atoms with Crippen molar-refractivity contribution in [2.24, 2.45) is 0 Å². The van der Waals surface area contributed by atoms with Crippen LogP contribution in [0.1, 0.15) is 50.8 Å². The second-order valence-corrected chi connectivity index (χ2v) is 11.2. The number of pyridine rings is 1. The van der Waals surface area contributed by atoms with Crippen LogP contribution in [0, 0.1) is 11.3 Å². The number of rotatable bonds is 3. The Morgan fingerprint density at radius 1 is 1.00 bits per heavy atom. The summed E-state index contributed by atoms with van der Waals surface area (Å²) in [5.41, 5.74) is 5.62. The van der Waals surface area contributed by atoms with Gasteiger partial charge in [-0.1, -0.05) is 48.5 Å². The van der Waals surface area contributed by atoms with Crippen LogP contribution in [0.25, 0.3) is 39.1 Å². The van der Waals surface area contributed by atoms with E-state index in [9.17, 15) is 10.1 Å². The van der Waals surface area contributed by atoms with E-state index in [0.717, 1.165) is 46.3 Å². The number of amides is 1. The summed E-state index contributed by atoms with van der Waals surface area (Å²) in [6, 6.07) is 24.4. The van der Waals surface area contributed by atoms with Crippen molar-refractivity contribution in [3.05, 3.63) is 84.2 Å². The third-order valence-electron chi connectivity index (χ3n) is 7.26. The molecule has 0 bridgehead atoms. The minimum Gasteiger partial charge on any atom is -0.444 e. The fraction of sp³-hybridized carbons (Fsp3) is 0.281. The standard InChI is InChI=1S/C32H30N6O2/c1-32(2,3)40-31(39)37-17-14-23(15-18-37)28-13-16-34-30-25(20-33)29(36-38(28)30)24-10-9-22-11-12-26(35-27(22)19-24)21-7-5-4-6-8-21/h4-13,16,19,23H,14-15,17-18H2,1-3H3. The zero-order valence-corrected chi connectivity index (χ0v) is 22.8. The van der Waals surface area contributed by atoms with E-state index in [2.05, 4.69) is 17.1 Å². The van der Waals surface area contributed by atoms with Crippen LogP contribution in [0.15, 0.2) is 72.9 Å². The van der Waals surface area contributed by atoms with E-state index >= 15 is 0 Å². The minimum absolute atomic E-state index is 0.176. The smallest absolute Gasteiger partial charge is 0.410 e. The fourth-order valence-electron chi connectivity index (χ4n) is 5.30. The number of ether oxygens (including phenoxy) is 1. The quantitative estimate of drug-likeness (QED) is 0.261. The first kappa shape index (κ1) is 25.5. The lowest BCUT2D eigenvalue weighted by Gasteiger charge is -2.33. The van der Waals surface area contributed by atoms with Crippen molar-refractivity contribution in [2.45, 2.75) is 45.1 Å². The summed E-state index contributed by atoms with van der Waals surface area (Å²) in [7, 11) is 0. The van der Waals surface area contributed by atoms with Crippen molar-refractivity contribution in [2.75, 3.05) is 13.1 Å². The molecule has 0 radical (unpaired) electrons. The summed E-state index contributed by atoms with van der Waals surface area (Å²) in [6.45, 7) is 6.83. The Morgan fingerprint density at radius 3 is 2.48 bits per heavy atom. The van der Waals surface area contributed by atoms with Crippen LogP contribution in [0.2, 0.25) is 0 Å². The van der Waals surface area contributed by atoms with Gasteiger partial charge >= 0.3 is 6.09 Å². The Bertz CT molecular complexity index is 1760. The molecule has 1 aliphatic heterocycles. The summed E-state index contributed by atoms with van der Waals surface area (Å²) >= 11 is 0. The van der Waals surface area contributed by atoms with Gasteiger partial charge in [0.1, 0.15) is 22.9 Å². The number of hydrogen-bond donors (Lipinski definition) is 0. The molecule has 1 aliphatic rings. The highest BCUT2D eigenvalue weighted by Gasteiger charge is 2.29. The van der Waals surface area contributed by atoms with Gasteiger partial charge in [-0.05, 0) is 51.8 Å². The van der Waals surface area contributed by atoms with Gasteiger partial charge in [-0.25, -0.2) is 19.3 Å². The summed E-state index contributed by atoms with van der Waals surface area (Å²) in [5, 5.41) is 16.1. The molecule has 8 nitrogen and oxygen atoms in total. The number of hydrogen-bond acceptors (Lipinski definition) is 6. The van der Waals surface area contributed by atoms with Gasteiger partial charge in [0, 0.05) is 47.4 Å². The SMILES string of the molecule is CC(C)(C)OC(=O)N1CCC(c2ccnc3c(C#N)c(-c4ccc5ccc(-c6ccccc6)nc5c4)nn23)CC1. The summed E-state index contributed by atoms with van der Waals surface area (Å²) in [6.07, 6.45) is 3.01. The van der Waals surface area contributed by atoms with Crippen molar-refractivity contribution in [1.82, 2.24) is 24.5 Å². The first-order valence-corrected chi connectivity index (χ1v) is 13.5. The zero-order valence-electron chi connectivity index (χ0n) is 22.8. The van der Waals surface area contributed by atoms with E-state index in [1.165, 1.54) is 0 Å². The van der Waals surface area contributed by atoms with Gasteiger partial charge in [0.05, 0.1) is 11.2 Å². The Kier molecular flexibility index (Phi) is 6.43. The van der Waals surface area contributed by atoms with Crippen LogP contribution < -0.4 is 0 Å². The molecular formula is C32H30N6O2. The van der Waals surface area contributed by atoms with Crippen LogP contribution in [0.5, 0.6) is 0 Å². The maximum atomic E-state index is 12.5. The lowest BCUT2D eigenvalue weighted by Crippen LogP contribution is -2.41. The zero-order chi connectivity index (χ0) is 27.9. The van der Waals surface area contributed by atoms with Gasteiger partial charge in [-0.2, -0.15) is 10.4 Å². The highest BCUT2D eigenvalue weighted by atomic mass is 16.6. The van der Waals surface area contributed by atoms with Gasteiger partial charge in [-0.15, -0.1) is 0 Å². The highest BCUT2D eigenvalue weighted by Crippen LogP contribution is 2.33. The van der Waals surface area contributed by atoms with E-state index in [1.54, 1.807) is 15.6 Å². The molecule has 0 N–H and O–H groups in total. The molecule has 0 unspecified atom stereocenters. The molecule has 8 heteroatoms. The molecule has 5 aromatic rings. The second kappa shape index (κ2) is 10.1. The predicted molar refractivity (Wildman–Crippen MR) is 154 cm³/mol. The van der Waals surface area contributed by atoms with Crippen LogP contribution in [0.3, 0.4) is 0 Å². The maximum Gasteiger partial charge on any atom is 0.410 e. The van der Waals surface area contributed by atoms with Gasteiger partial charge in [0.25, 0.3) is 0 Å². The normalized spacial score (nSPS) is 14.4. The molecule has 0 saturated carbocycles. The Balaban J connectivity index is 1.33. The number of carbonyl (C=O) groups is 1. The van der Waals surface area contributed by atoms with Gasteiger partial charge in [-0.3, -0.25) is 0 Å². The second-order valence-electron chi connectivity index (χ2n) is 11.2. The monoisotopic (exact) mass is 530 g/mol. The van der Waals surface area contributed by atoms with E-state index in [1.807, 2.05) is 81.4 Å². The number of likely N-dealkylation sites (tertiary alicyclic amines) is 1. The van der Waals surface area contributed by atoms with E-state index in [4.69, 9.17) is 14.8 Å². The van der Waals surface area contributed by atoms with Crippen LogP contribution in [-0.2, 0) is 4.74 Å². The first-order chi connectivity index (χ1) is 19.3. The molecule has 4 heterocycles. The molecule has 200 valence electrons. The average Bonchev–Trinajstić information content (AvgIpc) is 3.35. The third-order valence-corrected chi connectivity index (χ3v) is 7.26. The lowest BCUT2D eigenvalue weighted by molar-refractivity contribution is 0.0203. The average molecular weight is 531 g/mol. The van der Waals surface area contributed by atoms with E-state index < -0.39 is 5.60 Å². The molecule has 1 saturated heterocycles. The first-order valence-electron chi connectivity index (χ1n) is 13.5.